The average Bonchev–Trinajstić information content (AvgIpc) is 3.23. The summed E-state index contributed by atoms with van der Waals surface area (Å²) >= 11 is 0. The molecule has 0 fully saturated rings. The van der Waals surface area contributed by atoms with Crippen molar-refractivity contribution in [3.63, 3.8) is 0 Å². The molecule has 4 rings (SSSR count). The number of carbonyl (C=O) groups is 1. The number of amides is 1. The number of aromatic nitrogens is 3. The molecule has 1 N–H and O–H groups in total. The molecule has 1 aliphatic rings. The molecule has 1 amide bonds. The Morgan fingerprint density at radius 2 is 1.87 bits per heavy atom. The van der Waals surface area contributed by atoms with Crippen LogP contribution < -0.4 is 10.1 Å². The minimum atomic E-state index is -0.159. The number of nitrogens with one attached hydrogen (secondary N) is 1. The van der Waals surface area contributed by atoms with Gasteiger partial charge in [-0.1, -0.05) is 47.7 Å². The Hall–Kier alpha value is -3.19. The van der Waals surface area contributed by atoms with E-state index in [1.165, 1.54) is 5.56 Å². The molecular weight excluding hydrogens is 392 g/mol. The standard InChI is InChI=1S/C24H28N4O3/c1-30-23-11-7-19(8-12-23)13-20-9-10-22-15-25-27-28(22)17-31-16-21(26-24(20)29)14-18-5-3-2-4-6-18/h2-8,11-12,15,20-21H,9-10,13-14,16-17H2,1H3,(H,26,29)/t20-,21+/m0/s1. The van der Waals surface area contributed by atoms with Crippen LogP contribution in [0.1, 0.15) is 23.2 Å². The van der Waals surface area contributed by atoms with Crippen LogP contribution in [-0.4, -0.2) is 40.7 Å². The first kappa shape index (κ1) is 21.1. The summed E-state index contributed by atoms with van der Waals surface area (Å²) in [7, 11) is 1.65. The number of hydrogen-bond donors (Lipinski definition) is 1. The van der Waals surface area contributed by atoms with Gasteiger partial charge in [-0.2, -0.15) is 0 Å². The van der Waals surface area contributed by atoms with E-state index in [1.54, 1.807) is 18.0 Å². The zero-order valence-electron chi connectivity index (χ0n) is 17.7. The first-order valence-corrected chi connectivity index (χ1v) is 10.6. The summed E-state index contributed by atoms with van der Waals surface area (Å²) in [5, 5.41) is 11.4. The summed E-state index contributed by atoms with van der Waals surface area (Å²) in [6.45, 7) is 0.745. The number of ether oxygens (including phenoxy) is 2. The molecule has 0 radical (unpaired) electrons. The van der Waals surface area contributed by atoms with E-state index in [-0.39, 0.29) is 17.9 Å². The van der Waals surface area contributed by atoms with E-state index in [9.17, 15) is 4.79 Å². The van der Waals surface area contributed by atoms with Crippen molar-refractivity contribution < 1.29 is 14.3 Å². The van der Waals surface area contributed by atoms with Crippen LogP contribution in [-0.2, 0) is 35.5 Å². The van der Waals surface area contributed by atoms with Crippen LogP contribution in [0.2, 0.25) is 0 Å². The lowest BCUT2D eigenvalue weighted by Gasteiger charge is -2.22. The Labute approximate surface area is 182 Å². The lowest BCUT2D eigenvalue weighted by atomic mass is 9.92. The maximum atomic E-state index is 13.3. The van der Waals surface area contributed by atoms with Crippen molar-refractivity contribution in [2.75, 3.05) is 13.7 Å². The normalized spacial score (nSPS) is 19.7. The first-order valence-electron chi connectivity index (χ1n) is 10.6. The molecule has 0 spiro atoms. The molecular formula is C24H28N4O3. The second kappa shape index (κ2) is 10.2. The van der Waals surface area contributed by atoms with Gasteiger partial charge in [0.2, 0.25) is 5.91 Å². The van der Waals surface area contributed by atoms with E-state index in [1.807, 2.05) is 42.5 Å². The van der Waals surface area contributed by atoms with E-state index in [4.69, 9.17) is 9.47 Å². The number of aryl methyl sites for hydroxylation is 1. The van der Waals surface area contributed by atoms with Gasteiger partial charge in [0.1, 0.15) is 12.5 Å². The van der Waals surface area contributed by atoms with E-state index >= 15 is 0 Å². The van der Waals surface area contributed by atoms with Crippen molar-refractivity contribution in [1.29, 1.82) is 0 Å². The van der Waals surface area contributed by atoms with Crippen LogP contribution in [0, 0.1) is 5.92 Å². The smallest absolute Gasteiger partial charge is 0.223 e. The van der Waals surface area contributed by atoms with Crippen molar-refractivity contribution in [2.45, 2.75) is 38.5 Å². The topological polar surface area (TPSA) is 78.3 Å². The van der Waals surface area contributed by atoms with E-state index < -0.39 is 0 Å². The highest BCUT2D eigenvalue weighted by Gasteiger charge is 2.24. The Morgan fingerprint density at radius 1 is 1.10 bits per heavy atom. The van der Waals surface area contributed by atoms with Crippen molar-refractivity contribution in [1.82, 2.24) is 20.3 Å². The van der Waals surface area contributed by atoms with Gasteiger partial charge in [0, 0.05) is 5.92 Å². The number of nitrogens with zero attached hydrogens (tertiary/aromatic N) is 3. The maximum Gasteiger partial charge on any atom is 0.223 e. The summed E-state index contributed by atoms with van der Waals surface area (Å²) in [5.41, 5.74) is 3.26. The van der Waals surface area contributed by atoms with Gasteiger partial charge in [-0.15, -0.1) is 5.10 Å². The highest BCUT2D eigenvalue weighted by atomic mass is 16.5. The number of benzene rings is 2. The molecule has 3 aromatic rings. The number of rotatable bonds is 5. The van der Waals surface area contributed by atoms with Crippen LogP contribution in [0.25, 0.3) is 0 Å². The van der Waals surface area contributed by atoms with Gasteiger partial charge in [-0.3, -0.25) is 4.79 Å². The highest BCUT2D eigenvalue weighted by Crippen LogP contribution is 2.20. The second-order valence-corrected chi connectivity index (χ2v) is 7.91. The van der Waals surface area contributed by atoms with Gasteiger partial charge in [-0.05, 0) is 48.9 Å². The predicted octanol–water partition coefficient (Wildman–Crippen LogP) is 2.79. The van der Waals surface area contributed by atoms with Crippen LogP contribution in [0.15, 0.2) is 60.8 Å². The van der Waals surface area contributed by atoms with Crippen molar-refractivity contribution >= 4 is 5.91 Å². The number of methoxy groups -OCH3 is 1. The largest absolute Gasteiger partial charge is 0.497 e. The molecule has 2 heterocycles. The Bertz CT molecular complexity index is 972. The molecule has 0 saturated carbocycles. The summed E-state index contributed by atoms with van der Waals surface area (Å²) in [4.78, 5) is 13.3. The third kappa shape index (κ3) is 5.70. The van der Waals surface area contributed by atoms with Crippen LogP contribution in [0.5, 0.6) is 5.75 Å². The molecule has 162 valence electrons. The van der Waals surface area contributed by atoms with Crippen LogP contribution in [0.3, 0.4) is 0 Å². The van der Waals surface area contributed by atoms with Crippen molar-refractivity contribution in [3.8, 4) is 5.75 Å². The van der Waals surface area contributed by atoms with Gasteiger partial charge in [0.05, 0.1) is 31.6 Å². The monoisotopic (exact) mass is 420 g/mol. The molecule has 0 aliphatic carbocycles. The fourth-order valence-electron chi connectivity index (χ4n) is 3.93. The Balaban J connectivity index is 1.53. The zero-order valence-corrected chi connectivity index (χ0v) is 17.7. The van der Waals surface area contributed by atoms with Crippen LogP contribution >= 0.6 is 0 Å². The molecule has 1 aromatic heterocycles. The number of hydrogen-bond acceptors (Lipinski definition) is 5. The highest BCUT2D eigenvalue weighted by molar-refractivity contribution is 5.79. The van der Waals surface area contributed by atoms with E-state index in [0.717, 1.165) is 17.0 Å². The third-order valence-corrected chi connectivity index (χ3v) is 5.66. The summed E-state index contributed by atoms with van der Waals surface area (Å²) in [6, 6.07) is 18.0. The van der Waals surface area contributed by atoms with Gasteiger partial charge >= 0.3 is 0 Å². The van der Waals surface area contributed by atoms with Crippen LogP contribution in [0.4, 0.5) is 0 Å². The summed E-state index contributed by atoms with van der Waals surface area (Å²) in [6.07, 6.45) is 4.56. The maximum absolute atomic E-state index is 13.3. The molecule has 31 heavy (non-hydrogen) atoms. The number of carbonyl (C=O) groups excluding carboxylic acids is 1. The molecule has 2 atom stereocenters. The van der Waals surface area contributed by atoms with E-state index in [2.05, 4.69) is 27.8 Å². The lowest BCUT2D eigenvalue weighted by molar-refractivity contribution is -0.126. The third-order valence-electron chi connectivity index (χ3n) is 5.66. The molecule has 7 heteroatoms. The Kier molecular flexibility index (Phi) is 6.94. The van der Waals surface area contributed by atoms with Crippen molar-refractivity contribution in [3.05, 3.63) is 77.6 Å². The van der Waals surface area contributed by atoms with Gasteiger partial charge in [0.15, 0.2) is 0 Å². The number of fused-ring (bicyclic) bond motifs is 1. The molecule has 0 unspecified atom stereocenters. The predicted molar refractivity (Wildman–Crippen MR) is 117 cm³/mol. The van der Waals surface area contributed by atoms with Gasteiger partial charge in [0.25, 0.3) is 0 Å². The zero-order chi connectivity index (χ0) is 21.5. The molecule has 0 bridgehead atoms. The minimum absolute atomic E-state index is 0.0567. The first-order chi connectivity index (χ1) is 15.2. The molecule has 7 nitrogen and oxygen atoms in total. The van der Waals surface area contributed by atoms with Crippen molar-refractivity contribution in [2.24, 2.45) is 5.92 Å². The quantitative estimate of drug-likeness (QED) is 0.687. The average molecular weight is 421 g/mol. The molecule has 0 saturated heterocycles. The molecule has 1 aliphatic heterocycles. The summed E-state index contributed by atoms with van der Waals surface area (Å²) < 4.78 is 12.9. The van der Waals surface area contributed by atoms with Gasteiger partial charge in [-0.25, -0.2) is 4.68 Å². The minimum Gasteiger partial charge on any atom is -0.497 e. The Morgan fingerprint density at radius 3 is 2.65 bits per heavy atom. The molecule has 2 aromatic carbocycles. The summed E-state index contributed by atoms with van der Waals surface area (Å²) in [5.74, 6) is 0.708. The fourth-order valence-corrected chi connectivity index (χ4v) is 3.93. The fraction of sp³-hybridized carbons (Fsp3) is 0.375. The lowest BCUT2D eigenvalue weighted by Crippen LogP contribution is -2.43. The van der Waals surface area contributed by atoms with E-state index in [0.29, 0.717) is 39.0 Å². The second-order valence-electron chi connectivity index (χ2n) is 7.91. The van der Waals surface area contributed by atoms with Gasteiger partial charge < -0.3 is 14.8 Å². The SMILES string of the molecule is COc1ccc(C[C@@H]2CCc3cnnn3COC[C@@H](Cc3ccccc3)NC2=O)cc1.